The van der Waals surface area contributed by atoms with Gasteiger partial charge in [-0.2, -0.15) is 18.3 Å². The first-order valence-corrected chi connectivity index (χ1v) is 9.75. The maximum Gasteiger partial charge on any atom is 0.433 e. The van der Waals surface area contributed by atoms with Gasteiger partial charge >= 0.3 is 6.18 Å². The number of pyridine rings is 2. The Labute approximate surface area is 172 Å². The minimum Gasteiger partial charge on any atom is -0.323 e. The Hall–Kier alpha value is -2.66. The second-order valence-corrected chi connectivity index (χ2v) is 7.61. The van der Waals surface area contributed by atoms with E-state index in [2.05, 4.69) is 25.0 Å². The molecular formula is C17H13ClF3N7S. The molecule has 4 heterocycles. The van der Waals surface area contributed by atoms with Crippen molar-refractivity contribution in [3.05, 3.63) is 41.7 Å². The molecule has 0 atom stereocenters. The summed E-state index contributed by atoms with van der Waals surface area (Å²) >= 11 is 7.61. The Morgan fingerprint density at radius 2 is 1.97 bits per heavy atom. The molecule has 12 heteroatoms. The van der Waals surface area contributed by atoms with Crippen LogP contribution in [-0.2, 0) is 13.2 Å². The maximum absolute atomic E-state index is 13.1. The highest BCUT2D eigenvalue weighted by Crippen LogP contribution is 2.36. The third-order valence-electron chi connectivity index (χ3n) is 4.11. The van der Waals surface area contributed by atoms with E-state index in [0.717, 1.165) is 16.7 Å². The SMILES string of the molecule is CCSc1ccc(-n2cncn2)nc1-c1nc2cc(C(F)(F)F)nc(Cl)c2n1C. The molecule has 0 spiro atoms. The summed E-state index contributed by atoms with van der Waals surface area (Å²) in [5.41, 5.74) is -0.189. The highest BCUT2D eigenvalue weighted by molar-refractivity contribution is 7.99. The molecule has 0 unspecified atom stereocenters. The summed E-state index contributed by atoms with van der Waals surface area (Å²) in [4.78, 5) is 17.3. The van der Waals surface area contributed by atoms with Gasteiger partial charge in [-0.05, 0) is 24.0 Å². The van der Waals surface area contributed by atoms with Crippen molar-refractivity contribution in [2.24, 2.45) is 7.05 Å². The predicted molar refractivity (Wildman–Crippen MR) is 103 cm³/mol. The molecule has 0 fully saturated rings. The van der Waals surface area contributed by atoms with Crippen LogP contribution in [0.3, 0.4) is 0 Å². The van der Waals surface area contributed by atoms with E-state index in [1.807, 2.05) is 13.0 Å². The third kappa shape index (κ3) is 3.55. The van der Waals surface area contributed by atoms with Crippen LogP contribution >= 0.6 is 23.4 Å². The lowest BCUT2D eigenvalue weighted by atomic mass is 10.3. The van der Waals surface area contributed by atoms with Crippen molar-refractivity contribution in [3.8, 4) is 17.3 Å². The summed E-state index contributed by atoms with van der Waals surface area (Å²) in [6.45, 7) is 1.99. The number of hydrogen-bond donors (Lipinski definition) is 0. The van der Waals surface area contributed by atoms with E-state index >= 15 is 0 Å². The van der Waals surface area contributed by atoms with Crippen LogP contribution in [0.4, 0.5) is 13.2 Å². The summed E-state index contributed by atoms with van der Waals surface area (Å²) < 4.78 is 42.4. The van der Waals surface area contributed by atoms with Crippen molar-refractivity contribution in [3.63, 3.8) is 0 Å². The molecule has 0 radical (unpaired) electrons. The zero-order valence-electron chi connectivity index (χ0n) is 15.1. The fourth-order valence-electron chi connectivity index (χ4n) is 2.86. The first kappa shape index (κ1) is 19.6. The molecule has 0 aliphatic rings. The van der Waals surface area contributed by atoms with Gasteiger partial charge < -0.3 is 4.57 Å². The fraction of sp³-hybridized carbons (Fsp3) is 0.235. The minimum atomic E-state index is -4.62. The van der Waals surface area contributed by atoms with E-state index in [9.17, 15) is 13.2 Å². The van der Waals surface area contributed by atoms with E-state index in [0.29, 0.717) is 22.9 Å². The first-order valence-electron chi connectivity index (χ1n) is 8.39. The molecular weight excluding hydrogens is 427 g/mol. The van der Waals surface area contributed by atoms with Gasteiger partial charge in [-0.25, -0.2) is 24.6 Å². The summed E-state index contributed by atoms with van der Waals surface area (Å²) in [5.74, 6) is 1.66. The standard InChI is InChI=1S/C17H13ClF3N7S/c1-3-29-10-4-5-12(28-8-22-7-23-28)26-13(10)16-24-9-6-11(17(19,20)21)25-15(18)14(9)27(16)2/h4-8H,3H2,1-2H3. The molecule has 0 bridgehead atoms. The van der Waals surface area contributed by atoms with Gasteiger partial charge in [0.2, 0.25) is 0 Å². The van der Waals surface area contributed by atoms with Gasteiger partial charge in [0.25, 0.3) is 0 Å². The molecule has 0 aliphatic carbocycles. The molecule has 150 valence electrons. The lowest BCUT2D eigenvalue weighted by Gasteiger charge is -2.10. The van der Waals surface area contributed by atoms with Crippen molar-refractivity contribution in [2.75, 3.05) is 5.75 Å². The molecule has 0 aromatic carbocycles. The molecule has 7 nitrogen and oxygen atoms in total. The lowest BCUT2D eigenvalue weighted by Crippen LogP contribution is -2.08. The molecule has 4 rings (SSSR count). The smallest absolute Gasteiger partial charge is 0.323 e. The Kier molecular flexibility index (Phi) is 4.95. The minimum absolute atomic E-state index is 0.0928. The van der Waals surface area contributed by atoms with Gasteiger partial charge in [-0.3, -0.25) is 0 Å². The monoisotopic (exact) mass is 439 g/mol. The number of nitrogens with zero attached hydrogens (tertiary/aromatic N) is 7. The lowest BCUT2D eigenvalue weighted by molar-refractivity contribution is -0.141. The molecule has 0 N–H and O–H groups in total. The maximum atomic E-state index is 13.1. The van der Waals surface area contributed by atoms with E-state index in [4.69, 9.17) is 11.6 Å². The van der Waals surface area contributed by atoms with Crippen LogP contribution in [0.1, 0.15) is 12.6 Å². The molecule has 4 aromatic rings. The molecule has 0 saturated carbocycles. The molecule has 29 heavy (non-hydrogen) atoms. The van der Waals surface area contributed by atoms with Gasteiger partial charge in [0.15, 0.2) is 16.8 Å². The van der Waals surface area contributed by atoms with Crippen LogP contribution in [0.5, 0.6) is 0 Å². The number of fused-ring (bicyclic) bond motifs is 1. The zero-order valence-corrected chi connectivity index (χ0v) is 16.7. The quantitative estimate of drug-likeness (QED) is 0.346. The molecule has 0 aliphatic heterocycles. The van der Waals surface area contributed by atoms with Gasteiger partial charge in [0, 0.05) is 11.9 Å². The van der Waals surface area contributed by atoms with E-state index < -0.39 is 11.9 Å². The van der Waals surface area contributed by atoms with Crippen molar-refractivity contribution in [1.29, 1.82) is 0 Å². The first-order chi connectivity index (χ1) is 13.8. The summed E-state index contributed by atoms with van der Waals surface area (Å²) in [5, 5.41) is 3.80. The number of aryl methyl sites for hydroxylation is 1. The van der Waals surface area contributed by atoms with Gasteiger partial charge in [0.1, 0.15) is 29.6 Å². The number of imidazole rings is 1. The number of halogens is 4. The van der Waals surface area contributed by atoms with E-state index in [1.165, 1.54) is 17.3 Å². The Morgan fingerprint density at radius 3 is 2.62 bits per heavy atom. The largest absolute Gasteiger partial charge is 0.433 e. The highest BCUT2D eigenvalue weighted by atomic mass is 35.5. The summed E-state index contributed by atoms with van der Waals surface area (Å²) in [7, 11) is 1.66. The van der Waals surface area contributed by atoms with Crippen LogP contribution in [0, 0.1) is 0 Å². The molecule has 4 aromatic heterocycles. The second kappa shape index (κ2) is 7.30. The predicted octanol–water partition coefficient (Wildman–Crippen LogP) is 4.40. The van der Waals surface area contributed by atoms with Crippen molar-refractivity contribution in [1.82, 2.24) is 34.3 Å². The molecule has 0 saturated heterocycles. The summed E-state index contributed by atoms with van der Waals surface area (Å²) in [6.07, 6.45) is -1.73. The zero-order chi connectivity index (χ0) is 20.8. The van der Waals surface area contributed by atoms with Crippen molar-refractivity contribution in [2.45, 2.75) is 18.0 Å². The van der Waals surface area contributed by atoms with Crippen LogP contribution < -0.4 is 0 Å². The normalized spacial score (nSPS) is 12.1. The van der Waals surface area contributed by atoms with Crippen molar-refractivity contribution < 1.29 is 13.2 Å². The average Bonchev–Trinajstić information content (AvgIpc) is 3.30. The van der Waals surface area contributed by atoms with Crippen molar-refractivity contribution >= 4 is 34.4 Å². The number of thioether (sulfide) groups is 1. The second-order valence-electron chi connectivity index (χ2n) is 5.95. The van der Waals surface area contributed by atoms with Crippen LogP contribution in [0.25, 0.3) is 28.4 Å². The highest BCUT2D eigenvalue weighted by Gasteiger charge is 2.34. The molecule has 0 amide bonds. The number of rotatable bonds is 4. The topological polar surface area (TPSA) is 74.3 Å². The number of aromatic nitrogens is 7. The third-order valence-corrected chi connectivity index (χ3v) is 5.30. The van der Waals surface area contributed by atoms with Gasteiger partial charge in [-0.1, -0.05) is 18.5 Å². The van der Waals surface area contributed by atoms with Crippen LogP contribution in [0.15, 0.2) is 35.7 Å². The Morgan fingerprint density at radius 1 is 1.17 bits per heavy atom. The Bertz CT molecular complexity index is 1190. The van der Waals surface area contributed by atoms with E-state index in [-0.39, 0.29) is 10.7 Å². The van der Waals surface area contributed by atoms with Crippen LogP contribution in [-0.4, -0.2) is 40.0 Å². The fourth-order valence-corrected chi connectivity index (χ4v) is 3.93. The van der Waals surface area contributed by atoms with Gasteiger partial charge in [-0.15, -0.1) is 11.8 Å². The average molecular weight is 440 g/mol. The van der Waals surface area contributed by atoms with E-state index in [1.54, 1.807) is 29.4 Å². The Balaban J connectivity index is 1.95. The number of hydrogen-bond acceptors (Lipinski definition) is 6. The van der Waals surface area contributed by atoms with Gasteiger partial charge in [0.05, 0.1) is 5.52 Å². The number of alkyl halides is 3. The van der Waals surface area contributed by atoms with Crippen LogP contribution in [0.2, 0.25) is 5.15 Å². The summed E-state index contributed by atoms with van der Waals surface area (Å²) in [6, 6.07) is 4.54.